The fourth-order valence-electron chi connectivity index (χ4n) is 3.41. The minimum atomic E-state index is -0.559. The zero-order valence-electron chi connectivity index (χ0n) is 16.2. The zero-order chi connectivity index (χ0) is 20.2. The Bertz CT molecular complexity index is 1090. The topological polar surface area (TPSA) is 85.9 Å². The second-order valence-corrected chi connectivity index (χ2v) is 8.02. The molecule has 0 N–H and O–H groups in total. The largest absolute Gasteiger partial charge is 0.433 e. The smallest absolute Gasteiger partial charge is 0.400 e. The van der Waals surface area contributed by atoms with Gasteiger partial charge in [0, 0.05) is 10.9 Å². The van der Waals surface area contributed by atoms with Gasteiger partial charge in [-0.1, -0.05) is 49.1 Å². The van der Waals surface area contributed by atoms with Crippen LogP contribution >= 0.6 is 11.3 Å². The lowest BCUT2D eigenvalue weighted by atomic mass is 9.96. The van der Waals surface area contributed by atoms with E-state index in [0.29, 0.717) is 11.8 Å². The lowest BCUT2D eigenvalue weighted by Gasteiger charge is -2.16. The number of rotatable bonds is 5. The molecule has 2 heterocycles. The molecule has 0 radical (unpaired) electrons. The number of thiazole rings is 1. The fraction of sp³-hybridized carbons (Fsp3) is 0.333. The summed E-state index contributed by atoms with van der Waals surface area (Å²) in [7, 11) is 0. The molecule has 0 aliphatic heterocycles. The first-order valence-electron chi connectivity index (χ1n) is 9.70. The third-order valence-electron chi connectivity index (χ3n) is 4.99. The SMILES string of the molecule is Cc1ccc(-c2csc(=NC3CCCCC3)n2N=Cc2ccc([N+](=O)[O-])o2)cc1. The van der Waals surface area contributed by atoms with E-state index in [-0.39, 0.29) is 5.88 Å². The number of nitro groups is 1. The standard InChI is InChI=1S/C21H22N4O3S/c1-15-7-9-16(10-8-15)19-14-29-21(23-17-5-3-2-4-6-17)24(19)22-13-18-11-12-20(28-18)25(26)27/h7-14,17H,2-6H2,1H3. The maximum absolute atomic E-state index is 10.8. The average molecular weight is 410 g/mol. The van der Waals surface area contributed by atoms with Crippen LogP contribution in [0.1, 0.15) is 43.4 Å². The normalized spacial score (nSPS) is 16.0. The van der Waals surface area contributed by atoms with Gasteiger partial charge in [0.05, 0.1) is 24.0 Å². The molecule has 0 saturated heterocycles. The summed E-state index contributed by atoms with van der Waals surface area (Å²) in [5, 5.41) is 17.5. The Balaban J connectivity index is 1.74. The number of aryl methyl sites for hydroxylation is 1. The Kier molecular flexibility index (Phi) is 5.71. The average Bonchev–Trinajstić information content (AvgIpc) is 3.35. The molecule has 0 unspecified atom stereocenters. The molecule has 4 rings (SSSR count). The number of furan rings is 1. The number of benzene rings is 1. The predicted octanol–water partition coefficient (Wildman–Crippen LogP) is 5.14. The van der Waals surface area contributed by atoms with Crippen molar-refractivity contribution in [1.82, 2.24) is 4.68 Å². The molecule has 29 heavy (non-hydrogen) atoms. The highest BCUT2D eigenvalue weighted by atomic mass is 32.1. The molecule has 150 valence electrons. The molecule has 1 aromatic carbocycles. The van der Waals surface area contributed by atoms with E-state index in [1.807, 2.05) is 5.38 Å². The van der Waals surface area contributed by atoms with Gasteiger partial charge in [-0.3, -0.25) is 15.1 Å². The minimum Gasteiger partial charge on any atom is -0.400 e. The molecule has 2 aromatic heterocycles. The van der Waals surface area contributed by atoms with Crippen molar-refractivity contribution in [3.8, 4) is 11.3 Å². The van der Waals surface area contributed by atoms with Crippen LogP contribution < -0.4 is 4.80 Å². The molecule has 7 nitrogen and oxygen atoms in total. The second kappa shape index (κ2) is 8.57. The van der Waals surface area contributed by atoms with Crippen LogP contribution in [0, 0.1) is 17.0 Å². The molecule has 3 aromatic rings. The summed E-state index contributed by atoms with van der Waals surface area (Å²) in [6, 6.07) is 11.4. The van der Waals surface area contributed by atoms with Crippen LogP contribution in [0.3, 0.4) is 0 Å². The van der Waals surface area contributed by atoms with Crippen LogP contribution in [0.15, 0.2) is 56.3 Å². The quantitative estimate of drug-likeness (QED) is 0.331. The maximum atomic E-state index is 10.8. The highest BCUT2D eigenvalue weighted by Crippen LogP contribution is 2.23. The molecule has 1 fully saturated rings. The van der Waals surface area contributed by atoms with Crippen LogP contribution in [-0.4, -0.2) is 21.9 Å². The number of hydrogen-bond donors (Lipinski definition) is 0. The van der Waals surface area contributed by atoms with Crippen molar-refractivity contribution >= 4 is 23.4 Å². The molecule has 8 heteroatoms. The van der Waals surface area contributed by atoms with Gasteiger partial charge in [0.25, 0.3) is 0 Å². The van der Waals surface area contributed by atoms with Gasteiger partial charge in [-0.05, 0) is 25.8 Å². The molecule has 1 aliphatic carbocycles. The van der Waals surface area contributed by atoms with Crippen molar-refractivity contribution in [2.45, 2.75) is 45.1 Å². The van der Waals surface area contributed by atoms with Crippen LogP contribution in [-0.2, 0) is 0 Å². The number of aromatic nitrogens is 1. The van der Waals surface area contributed by atoms with Gasteiger partial charge in [0.1, 0.15) is 4.92 Å². The molecule has 1 saturated carbocycles. The van der Waals surface area contributed by atoms with E-state index < -0.39 is 4.92 Å². The van der Waals surface area contributed by atoms with Crippen LogP contribution in [0.25, 0.3) is 11.3 Å². The van der Waals surface area contributed by atoms with Crippen LogP contribution in [0.4, 0.5) is 5.88 Å². The van der Waals surface area contributed by atoms with Crippen molar-refractivity contribution in [2.75, 3.05) is 0 Å². The summed E-state index contributed by atoms with van der Waals surface area (Å²) < 4.78 is 7.01. The van der Waals surface area contributed by atoms with E-state index >= 15 is 0 Å². The van der Waals surface area contributed by atoms with Crippen molar-refractivity contribution in [2.24, 2.45) is 10.1 Å². The van der Waals surface area contributed by atoms with Gasteiger partial charge in [-0.25, -0.2) is 4.68 Å². The first-order chi connectivity index (χ1) is 14.1. The maximum Gasteiger partial charge on any atom is 0.433 e. The van der Waals surface area contributed by atoms with Crippen LogP contribution in [0.5, 0.6) is 0 Å². The summed E-state index contributed by atoms with van der Waals surface area (Å²) in [5.74, 6) is 0.0292. The summed E-state index contributed by atoms with van der Waals surface area (Å²) >= 11 is 1.56. The number of nitrogens with zero attached hydrogens (tertiary/aromatic N) is 4. The second-order valence-electron chi connectivity index (χ2n) is 7.18. The molecule has 1 aliphatic rings. The molecule has 0 spiro atoms. The van der Waals surface area contributed by atoms with Crippen molar-refractivity contribution in [3.05, 3.63) is 68.0 Å². The lowest BCUT2D eigenvalue weighted by Crippen LogP contribution is -2.18. The lowest BCUT2D eigenvalue weighted by molar-refractivity contribution is -0.402. The fourth-order valence-corrected chi connectivity index (χ4v) is 4.32. The predicted molar refractivity (Wildman–Crippen MR) is 113 cm³/mol. The van der Waals surface area contributed by atoms with E-state index in [2.05, 4.69) is 36.3 Å². The Morgan fingerprint density at radius 3 is 2.62 bits per heavy atom. The molecular formula is C21H22N4O3S. The summed E-state index contributed by atoms with van der Waals surface area (Å²) in [5.41, 5.74) is 3.16. The molecule has 0 bridgehead atoms. The van der Waals surface area contributed by atoms with E-state index in [4.69, 9.17) is 9.41 Å². The Labute approximate surface area is 172 Å². The highest BCUT2D eigenvalue weighted by molar-refractivity contribution is 7.07. The molecule has 0 atom stereocenters. The van der Waals surface area contributed by atoms with E-state index in [1.54, 1.807) is 16.0 Å². The zero-order valence-corrected chi connectivity index (χ0v) is 17.0. The molecule has 0 amide bonds. The first kappa shape index (κ1) is 19.3. The molecular weight excluding hydrogens is 388 g/mol. The van der Waals surface area contributed by atoms with Crippen molar-refractivity contribution in [3.63, 3.8) is 0 Å². The Hall–Kier alpha value is -3.00. The summed E-state index contributed by atoms with van der Waals surface area (Å²) in [4.78, 5) is 16.1. The van der Waals surface area contributed by atoms with E-state index in [1.165, 1.54) is 43.2 Å². The third kappa shape index (κ3) is 4.54. The minimum absolute atomic E-state index is 0.298. The van der Waals surface area contributed by atoms with Crippen LogP contribution in [0.2, 0.25) is 0 Å². The van der Waals surface area contributed by atoms with Gasteiger partial charge >= 0.3 is 5.88 Å². The third-order valence-corrected chi connectivity index (χ3v) is 5.82. The van der Waals surface area contributed by atoms with Gasteiger partial charge in [0.2, 0.25) is 4.80 Å². The van der Waals surface area contributed by atoms with Gasteiger partial charge < -0.3 is 4.42 Å². The Morgan fingerprint density at radius 1 is 1.17 bits per heavy atom. The van der Waals surface area contributed by atoms with E-state index in [9.17, 15) is 10.1 Å². The summed E-state index contributed by atoms with van der Waals surface area (Å²) in [6.45, 7) is 2.05. The number of hydrogen-bond acceptors (Lipinski definition) is 6. The Morgan fingerprint density at radius 2 is 1.93 bits per heavy atom. The van der Waals surface area contributed by atoms with Gasteiger partial charge in [0.15, 0.2) is 5.76 Å². The van der Waals surface area contributed by atoms with Crippen molar-refractivity contribution < 1.29 is 9.34 Å². The van der Waals surface area contributed by atoms with E-state index in [0.717, 1.165) is 28.9 Å². The highest BCUT2D eigenvalue weighted by Gasteiger charge is 2.14. The first-order valence-corrected chi connectivity index (χ1v) is 10.6. The van der Waals surface area contributed by atoms with Gasteiger partial charge in [-0.15, -0.1) is 11.3 Å². The van der Waals surface area contributed by atoms with Crippen molar-refractivity contribution in [1.29, 1.82) is 0 Å². The summed E-state index contributed by atoms with van der Waals surface area (Å²) in [6.07, 6.45) is 7.41. The van der Waals surface area contributed by atoms with Gasteiger partial charge in [-0.2, -0.15) is 5.10 Å². The monoisotopic (exact) mass is 410 g/mol.